The summed E-state index contributed by atoms with van der Waals surface area (Å²) in [6.07, 6.45) is 16.7. The van der Waals surface area contributed by atoms with Crippen molar-refractivity contribution in [2.24, 2.45) is 0 Å². The van der Waals surface area contributed by atoms with Crippen molar-refractivity contribution in [2.45, 2.75) is 129 Å². The van der Waals surface area contributed by atoms with Crippen LogP contribution in [0.3, 0.4) is 0 Å². The summed E-state index contributed by atoms with van der Waals surface area (Å²) in [5.74, 6) is -0.509. The molecular formula is C24H46O5. The molecule has 0 amide bonds. The topological polar surface area (TPSA) is 72.8 Å². The van der Waals surface area contributed by atoms with Gasteiger partial charge in [-0.15, -0.1) is 0 Å². The molecule has 0 aromatic carbocycles. The van der Waals surface area contributed by atoms with Gasteiger partial charge in [-0.1, -0.05) is 90.9 Å². The molecule has 0 saturated heterocycles. The van der Waals surface area contributed by atoms with Crippen molar-refractivity contribution in [3.05, 3.63) is 0 Å². The Hall–Kier alpha value is -1.10. The Kier molecular flexibility index (Phi) is 20.8. The molecule has 1 unspecified atom stereocenters. The van der Waals surface area contributed by atoms with Crippen LogP contribution >= 0.6 is 0 Å². The predicted molar refractivity (Wildman–Crippen MR) is 118 cm³/mol. The second-order valence-corrected chi connectivity index (χ2v) is 8.05. The monoisotopic (exact) mass is 414 g/mol. The quantitative estimate of drug-likeness (QED) is 0.181. The minimum absolute atomic E-state index is 0.0403. The Bertz CT molecular complexity index is 383. The van der Waals surface area contributed by atoms with Crippen LogP contribution < -0.4 is 0 Å². The van der Waals surface area contributed by atoms with Crippen molar-refractivity contribution in [3.8, 4) is 0 Å². The smallest absolute Gasteiger partial charge is 0.306 e. The number of unbranched alkanes of at least 4 members (excludes halogenated alkanes) is 12. The summed E-state index contributed by atoms with van der Waals surface area (Å²) in [6.45, 7) is 4.35. The Morgan fingerprint density at radius 2 is 1.14 bits per heavy atom. The van der Waals surface area contributed by atoms with Gasteiger partial charge < -0.3 is 14.6 Å². The zero-order chi connectivity index (χ0) is 21.6. The van der Waals surface area contributed by atoms with Crippen LogP contribution in [0.4, 0.5) is 0 Å². The summed E-state index contributed by atoms with van der Waals surface area (Å²) >= 11 is 0. The third kappa shape index (κ3) is 20.0. The first-order chi connectivity index (χ1) is 14.1. The van der Waals surface area contributed by atoms with Crippen LogP contribution in [-0.2, 0) is 19.1 Å². The third-order valence-electron chi connectivity index (χ3n) is 5.15. The second-order valence-electron chi connectivity index (χ2n) is 8.05. The van der Waals surface area contributed by atoms with Gasteiger partial charge in [0, 0.05) is 25.9 Å². The summed E-state index contributed by atoms with van der Waals surface area (Å²) in [5.41, 5.74) is 0. The summed E-state index contributed by atoms with van der Waals surface area (Å²) in [4.78, 5) is 23.8. The Morgan fingerprint density at radius 1 is 0.690 bits per heavy atom. The van der Waals surface area contributed by atoms with Crippen molar-refractivity contribution in [3.63, 3.8) is 0 Å². The largest absolute Gasteiger partial charge is 0.462 e. The second kappa shape index (κ2) is 21.6. The van der Waals surface area contributed by atoms with E-state index in [0.717, 1.165) is 38.5 Å². The lowest BCUT2D eigenvalue weighted by Crippen LogP contribution is -2.26. The van der Waals surface area contributed by atoms with Gasteiger partial charge in [0.1, 0.15) is 12.7 Å². The van der Waals surface area contributed by atoms with Gasteiger partial charge in [0.15, 0.2) is 0 Å². The van der Waals surface area contributed by atoms with Crippen LogP contribution in [0.2, 0.25) is 0 Å². The molecule has 0 aliphatic rings. The third-order valence-corrected chi connectivity index (χ3v) is 5.15. The van der Waals surface area contributed by atoms with E-state index in [1.165, 1.54) is 51.4 Å². The zero-order valence-corrected chi connectivity index (χ0v) is 19.1. The lowest BCUT2D eigenvalue weighted by Gasteiger charge is -2.17. The molecule has 0 aliphatic carbocycles. The van der Waals surface area contributed by atoms with Crippen LogP contribution in [-0.4, -0.2) is 36.4 Å². The number of aliphatic hydroxyl groups is 1. The van der Waals surface area contributed by atoms with Crippen molar-refractivity contribution in [1.29, 1.82) is 0 Å². The van der Waals surface area contributed by atoms with Crippen LogP contribution in [0.25, 0.3) is 0 Å². The van der Waals surface area contributed by atoms with Gasteiger partial charge >= 0.3 is 11.9 Å². The first kappa shape index (κ1) is 27.9. The summed E-state index contributed by atoms with van der Waals surface area (Å²) in [7, 11) is 0. The van der Waals surface area contributed by atoms with Gasteiger partial charge in [0.2, 0.25) is 0 Å². The van der Waals surface area contributed by atoms with Crippen molar-refractivity contribution < 1.29 is 24.2 Å². The van der Waals surface area contributed by atoms with Gasteiger partial charge in [-0.3, -0.25) is 9.59 Å². The van der Waals surface area contributed by atoms with E-state index in [2.05, 4.69) is 13.8 Å². The summed E-state index contributed by atoms with van der Waals surface area (Å²) < 4.78 is 10.6. The Morgan fingerprint density at radius 3 is 1.62 bits per heavy atom. The van der Waals surface area contributed by atoms with Gasteiger partial charge in [-0.25, -0.2) is 0 Å². The van der Waals surface area contributed by atoms with Gasteiger partial charge in [-0.2, -0.15) is 0 Å². The number of esters is 2. The van der Waals surface area contributed by atoms with Crippen LogP contribution in [0.5, 0.6) is 0 Å². The molecule has 0 spiro atoms. The highest BCUT2D eigenvalue weighted by Gasteiger charge is 2.16. The number of aliphatic hydroxyl groups excluding tert-OH is 1. The maximum absolute atomic E-state index is 12.0. The first-order valence-electron chi connectivity index (χ1n) is 12.1. The van der Waals surface area contributed by atoms with E-state index in [0.29, 0.717) is 19.3 Å². The average Bonchev–Trinajstić information content (AvgIpc) is 2.71. The minimum atomic E-state index is -0.546. The molecule has 0 aromatic heterocycles. The Labute approximate surface area is 178 Å². The highest BCUT2D eigenvalue weighted by Crippen LogP contribution is 2.11. The van der Waals surface area contributed by atoms with E-state index in [1.54, 1.807) is 0 Å². The van der Waals surface area contributed by atoms with Crippen LogP contribution in [0.15, 0.2) is 0 Å². The SMILES string of the molecule is CCCCCCCCCC(=O)OCC(CCO)OC(=O)CCCCCCCCC. The fraction of sp³-hybridized carbons (Fsp3) is 0.917. The van der Waals surface area contributed by atoms with E-state index in [1.807, 2.05) is 0 Å². The van der Waals surface area contributed by atoms with Crippen LogP contribution in [0, 0.1) is 0 Å². The number of carbonyl (C=O) groups excluding carboxylic acids is 2. The van der Waals surface area contributed by atoms with E-state index in [4.69, 9.17) is 14.6 Å². The number of hydrogen-bond donors (Lipinski definition) is 1. The average molecular weight is 415 g/mol. The van der Waals surface area contributed by atoms with Gasteiger partial charge in [0.05, 0.1) is 0 Å². The molecular weight excluding hydrogens is 368 g/mol. The fourth-order valence-electron chi connectivity index (χ4n) is 3.28. The maximum atomic E-state index is 12.0. The van der Waals surface area contributed by atoms with E-state index in [-0.39, 0.29) is 25.2 Å². The molecule has 1 atom stereocenters. The molecule has 1 N–H and O–H groups in total. The lowest BCUT2D eigenvalue weighted by atomic mass is 10.1. The molecule has 0 rings (SSSR count). The first-order valence-corrected chi connectivity index (χ1v) is 12.1. The normalized spacial score (nSPS) is 12.0. The van der Waals surface area contributed by atoms with Crippen LogP contribution in [0.1, 0.15) is 123 Å². The number of ether oxygens (including phenoxy) is 2. The highest BCUT2D eigenvalue weighted by atomic mass is 16.6. The van der Waals surface area contributed by atoms with Crippen molar-refractivity contribution in [1.82, 2.24) is 0 Å². The molecule has 29 heavy (non-hydrogen) atoms. The van der Waals surface area contributed by atoms with Gasteiger partial charge in [-0.05, 0) is 12.8 Å². The lowest BCUT2D eigenvalue weighted by molar-refractivity contribution is -0.160. The molecule has 0 aliphatic heterocycles. The number of rotatable bonds is 21. The predicted octanol–water partition coefficient (Wildman–Crippen LogP) is 6.11. The number of carbonyl (C=O) groups is 2. The Balaban J connectivity index is 3.80. The summed E-state index contributed by atoms with van der Waals surface area (Å²) in [5, 5.41) is 9.16. The molecule has 5 heteroatoms. The molecule has 0 heterocycles. The van der Waals surface area contributed by atoms with E-state index in [9.17, 15) is 9.59 Å². The van der Waals surface area contributed by atoms with E-state index < -0.39 is 6.10 Å². The standard InChI is InChI=1S/C24H46O5/c1-3-5-7-9-11-13-15-17-23(26)28-21-22(19-20-25)29-24(27)18-16-14-12-10-8-6-4-2/h22,25H,3-21H2,1-2H3. The summed E-state index contributed by atoms with van der Waals surface area (Å²) in [6, 6.07) is 0. The highest BCUT2D eigenvalue weighted by molar-refractivity contribution is 5.70. The molecule has 0 fully saturated rings. The van der Waals surface area contributed by atoms with Crippen molar-refractivity contribution in [2.75, 3.05) is 13.2 Å². The molecule has 0 bridgehead atoms. The fourth-order valence-corrected chi connectivity index (χ4v) is 3.28. The number of hydrogen-bond acceptors (Lipinski definition) is 5. The van der Waals surface area contributed by atoms with E-state index >= 15 is 0 Å². The zero-order valence-electron chi connectivity index (χ0n) is 19.1. The maximum Gasteiger partial charge on any atom is 0.306 e. The van der Waals surface area contributed by atoms with Gasteiger partial charge in [0.25, 0.3) is 0 Å². The molecule has 0 radical (unpaired) electrons. The molecule has 0 aromatic rings. The molecule has 5 nitrogen and oxygen atoms in total. The minimum Gasteiger partial charge on any atom is -0.462 e. The van der Waals surface area contributed by atoms with Crippen molar-refractivity contribution >= 4 is 11.9 Å². The molecule has 0 saturated carbocycles. The molecule has 172 valence electrons.